The molecule has 0 fully saturated rings. The molecular formula is C16H35CoO3P+2. The zero-order valence-electron chi connectivity index (χ0n) is 14.3. The molecule has 0 aliphatic rings. The normalized spacial score (nSPS) is 15.2. The van der Waals surface area contributed by atoms with Gasteiger partial charge in [0.05, 0.1) is 12.2 Å². The summed E-state index contributed by atoms with van der Waals surface area (Å²) in [7, 11) is -2.32. The maximum Gasteiger partial charge on any atom is 2.00 e. The van der Waals surface area contributed by atoms with E-state index in [1.54, 1.807) is 0 Å². The first-order valence-electron chi connectivity index (χ1n) is 8.47. The van der Waals surface area contributed by atoms with Gasteiger partial charge in [-0.2, -0.15) is 0 Å². The van der Waals surface area contributed by atoms with Crippen molar-refractivity contribution >= 4 is 8.25 Å². The Bertz CT molecular complexity index is 218. The first-order chi connectivity index (χ1) is 9.60. The summed E-state index contributed by atoms with van der Waals surface area (Å²) in [6.45, 7) is 8.39. The second-order valence-corrected chi connectivity index (χ2v) is 6.78. The molecule has 0 amide bonds. The van der Waals surface area contributed by atoms with E-state index in [4.69, 9.17) is 9.05 Å². The van der Waals surface area contributed by atoms with Crippen LogP contribution in [0.25, 0.3) is 0 Å². The summed E-state index contributed by atoms with van der Waals surface area (Å²) in [6, 6.07) is 0. The molecule has 0 saturated heterocycles. The Balaban J connectivity index is 0. The van der Waals surface area contributed by atoms with E-state index in [9.17, 15) is 4.57 Å². The second kappa shape index (κ2) is 17.0. The number of hydrogen-bond acceptors (Lipinski definition) is 3. The number of unbranched alkanes of at least 4 members (excludes halogenated alkanes) is 6. The van der Waals surface area contributed by atoms with Gasteiger partial charge in [-0.05, 0) is 26.7 Å². The number of rotatable bonds is 14. The van der Waals surface area contributed by atoms with Crippen LogP contribution in [0.3, 0.4) is 0 Å². The van der Waals surface area contributed by atoms with Crippen LogP contribution in [-0.4, -0.2) is 12.2 Å². The van der Waals surface area contributed by atoms with Crippen LogP contribution in [0.4, 0.5) is 0 Å². The molecule has 2 atom stereocenters. The van der Waals surface area contributed by atoms with Crippen molar-refractivity contribution < 1.29 is 30.4 Å². The van der Waals surface area contributed by atoms with Crippen molar-refractivity contribution in [3.05, 3.63) is 0 Å². The molecule has 0 aliphatic heterocycles. The van der Waals surface area contributed by atoms with Crippen LogP contribution in [-0.2, 0) is 30.4 Å². The van der Waals surface area contributed by atoms with Crippen LogP contribution in [0, 0.1) is 0 Å². The van der Waals surface area contributed by atoms with Crippen molar-refractivity contribution in [3.63, 3.8) is 0 Å². The zero-order chi connectivity index (χ0) is 15.2. The summed E-state index contributed by atoms with van der Waals surface area (Å²) >= 11 is 0. The predicted octanol–water partition coefficient (Wildman–Crippen LogP) is 6.12. The molecular weight excluding hydrogens is 330 g/mol. The second-order valence-electron chi connectivity index (χ2n) is 5.81. The van der Waals surface area contributed by atoms with Gasteiger partial charge in [0, 0.05) is 0 Å². The van der Waals surface area contributed by atoms with Crippen molar-refractivity contribution in [1.29, 1.82) is 0 Å². The Morgan fingerprint density at radius 3 is 1.48 bits per heavy atom. The summed E-state index contributed by atoms with van der Waals surface area (Å²) in [4.78, 5) is 0. The molecule has 5 heteroatoms. The molecule has 0 aliphatic carbocycles. The Kier molecular flexibility index (Phi) is 19.4. The molecule has 0 bridgehead atoms. The van der Waals surface area contributed by atoms with E-state index >= 15 is 0 Å². The van der Waals surface area contributed by atoms with Crippen LogP contribution < -0.4 is 0 Å². The van der Waals surface area contributed by atoms with Gasteiger partial charge in [-0.3, -0.25) is 4.57 Å². The summed E-state index contributed by atoms with van der Waals surface area (Å²) in [6.07, 6.45) is 11.8. The fourth-order valence-electron chi connectivity index (χ4n) is 2.19. The molecule has 0 rings (SSSR count). The fraction of sp³-hybridized carbons (Fsp3) is 1.00. The average Bonchev–Trinajstić information content (AvgIpc) is 2.39. The molecule has 0 spiro atoms. The van der Waals surface area contributed by atoms with E-state index in [-0.39, 0.29) is 29.0 Å². The molecule has 0 aromatic carbocycles. The molecule has 0 heterocycles. The topological polar surface area (TPSA) is 35.5 Å². The van der Waals surface area contributed by atoms with Gasteiger partial charge in [-0.25, -0.2) is 0 Å². The largest absolute Gasteiger partial charge is 2.00 e. The Hall–Kier alpha value is 0.656. The van der Waals surface area contributed by atoms with Gasteiger partial charge in [0.15, 0.2) is 0 Å². The molecule has 0 aromatic heterocycles. The summed E-state index contributed by atoms with van der Waals surface area (Å²) in [5, 5.41) is 0. The van der Waals surface area contributed by atoms with Crippen molar-refractivity contribution in [2.45, 2.75) is 104 Å². The van der Waals surface area contributed by atoms with Gasteiger partial charge in [-0.1, -0.05) is 65.2 Å². The third kappa shape index (κ3) is 16.9. The van der Waals surface area contributed by atoms with Gasteiger partial charge in [0.1, 0.15) is 0 Å². The van der Waals surface area contributed by atoms with Gasteiger partial charge >= 0.3 is 25.0 Å². The molecule has 0 saturated carbocycles. The van der Waals surface area contributed by atoms with Crippen LogP contribution in [0.15, 0.2) is 0 Å². The van der Waals surface area contributed by atoms with Crippen molar-refractivity contribution in [2.24, 2.45) is 0 Å². The minimum atomic E-state index is -2.32. The number of hydrogen-bond donors (Lipinski definition) is 0. The van der Waals surface area contributed by atoms with E-state index in [2.05, 4.69) is 13.8 Å². The quantitative estimate of drug-likeness (QED) is 0.275. The maximum atomic E-state index is 11.8. The van der Waals surface area contributed by atoms with Gasteiger partial charge < -0.3 is 9.05 Å². The molecule has 21 heavy (non-hydrogen) atoms. The average molecular weight is 365 g/mol. The molecule has 129 valence electrons. The molecule has 0 N–H and O–H groups in total. The third-order valence-corrected chi connectivity index (χ3v) is 4.71. The Morgan fingerprint density at radius 2 is 1.14 bits per heavy atom. The molecule has 0 aromatic rings. The van der Waals surface area contributed by atoms with Gasteiger partial charge in [0.2, 0.25) is 0 Å². The van der Waals surface area contributed by atoms with E-state index in [1.807, 2.05) is 13.8 Å². The Morgan fingerprint density at radius 1 is 0.762 bits per heavy atom. The standard InChI is InChI=1S/C16H35O3P.Co/c1-5-7-9-11-13-15(3)18-20(17)19-16(4)14-12-10-8-6-2;/h15-16,20H,5-14H2,1-4H3;/q;+2. The van der Waals surface area contributed by atoms with Gasteiger partial charge in [0.25, 0.3) is 0 Å². The summed E-state index contributed by atoms with van der Waals surface area (Å²) < 4.78 is 22.7. The predicted molar refractivity (Wildman–Crippen MR) is 87.6 cm³/mol. The van der Waals surface area contributed by atoms with Crippen LogP contribution >= 0.6 is 8.25 Å². The van der Waals surface area contributed by atoms with Crippen LogP contribution in [0.2, 0.25) is 0 Å². The third-order valence-electron chi connectivity index (χ3n) is 3.52. The molecule has 2 unspecified atom stereocenters. The monoisotopic (exact) mass is 365 g/mol. The maximum absolute atomic E-state index is 11.8. The van der Waals surface area contributed by atoms with E-state index in [0.717, 1.165) is 25.7 Å². The van der Waals surface area contributed by atoms with E-state index in [0.29, 0.717) is 0 Å². The first kappa shape index (κ1) is 23.9. The molecule has 1 radical (unpaired) electrons. The first-order valence-corrected chi connectivity index (χ1v) is 9.69. The van der Waals surface area contributed by atoms with Crippen LogP contribution in [0.1, 0.15) is 91.9 Å². The van der Waals surface area contributed by atoms with Crippen molar-refractivity contribution in [1.82, 2.24) is 0 Å². The minimum Gasteiger partial charge on any atom is -0.308 e. The van der Waals surface area contributed by atoms with Crippen LogP contribution in [0.5, 0.6) is 0 Å². The Labute approximate surface area is 143 Å². The zero-order valence-corrected chi connectivity index (χ0v) is 16.3. The fourth-order valence-corrected chi connectivity index (χ4v) is 3.14. The SMILES string of the molecule is CCCCCCC(C)O[PH](=O)OC(C)CCCCCC.[Co+2]. The van der Waals surface area contributed by atoms with Gasteiger partial charge in [-0.15, -0.1) is 0 Å². The minimum absolute atomic E-state index is 0. The summed E-state index contributed by atoms with van der Waals surface area (Å²) in [5.74, 6) is 0. The van der Waals surface area contributed by atoms with E-state index in [1.165, 1.54) is 38.5 Å². The van der Waals surface area contributed by atoms with Crippen molar-refractivity contribution in [3.8, 4) is 0 Å². The van der Waals surface area contributed by atoms with Crippen molar-refractivity contribution in [2.75, 3.05) is 0 Å². The molecule has 3 nitrogen and oxygen atoms in total. The summed E-state index contributed by atoms with van der Waals surface area (Å²) in [5.41, 5.74) is 0. The van der Waals surface area contributed by atoms with E-state index < -0.39 is 8.25 Å². The smallest absolute Gasteiger partial charge is 0.308 e.